The first-order valence-corrected chi connectivity index (χ1v) is 10.1. The molecular formula is C21H20N4O2S. The summed E-state index contributed by atoms with van der Waals surface area (Å²) in [5, 5.41) is 5.28. The summed E-state index contributed by atoms with van der Waals surface area (Å²) in [4.78, 5) is 35.5. The molecule has 1 unspecified atom stereocenters. The molecular weight excluding hydrogens is 372 g/mol. The van der Waals surface area contributed by atoms with Crippen LogP contribution in [0.4, 0.5) is 10.8 Å². The van der Waals surface area contributed by atoms with E-state index in [1.54, 1.807) is 17.3 Å². The van der Waals surface area contributed by atoms with Crippen molar-refractivity contribution < 1.29 is 9.59 Å². The van der Waals surface area contributed by atoms with E-state index in [-0.39, 0.29) is 24.2 Å². The summed E-state index contributed by atoms with van der Waals surface area (Å²) in [7, 11) is 0. The van der Waals surface area contributed by atoms with E-state index in [1.807, 2.05) is 41.8 Å². The van der Waals surface area contributed by atoms with Crippen molar-refractivity contribution in [3.8, 4) is 11.3 Å². The molecule has 0 saturated carbocycles. The van der Waals surface area contributed by atoms with Crippen molar-refractivity contribution >= 4 is 34.0 Å². The number of pyridine rings is 1. The Labute approximate surface area is 167 Å². The van der Waals surface area contributed by atoms with E-state index in [9.17, 15) is 9.59 Å². The Morgan fingerprint density at radius 1 is 1.29 bits per heavy atom. The van der Waals surface area contributed by atoms with Gasteiger partial charge in [-0.15, -0.1) is 11.3 Å². The third kappa shape index (κ3) is 3.66. The number of hydrogen-bond donors (Lipinski definition) is 1. The Morgan fingerprint density at radius 3 is 2.93 bits per heavy atom. The first-order valence-electron chi connectivity index (χ1n) is 9.20. The van der Waals surface area contributed by atoms with Crippen LogP contribution in [-0.4, -0.2) is 28.3 Å². The number of thiazole rings is 1. The molecule has 1 saturated heterocycles. The van der Waals surface area contributed by atoms with Crippen LogP contribution in [0.25, 0.3) is 11.3 Å². The first kappa shape index (κ1) is 18.3. The quantitative estimate of drug-likeness (QED) is 0.717. The number of aryl methyl sites for hydroxylation is 1. The largest absolute Gasteiger partial charge is 0.311 e. The van der Waals surface area contributed by atoms with Gasteiger partial charge in [-0.1, -0.05) is 25.1 Å². The standard InChI is InChI=1S/C21H20N4O2S/c1-2-14-6-3-4-8-18(14)25-12-16(10-19(25)26)20(27)24-21-23-17(13-28-21)15-7-5-9-22-11-15/h3-9,11,13,16H,2,10,12H2,1H3,(H,23,24,27). The van der Waals surface area contributed by atoms with E-state index in [0.717, 1.165) is 28.9 Å². The molecule has 6 nitrogen and oxygen atoms in total. The lowest BCUT2D eigenvalue weighted by Crippen LogP contribution is -2.28. The van der Waals surface area contributed by atoms with Crippen LogP contribution in [0.1, 0.15) is 18.9 Å². The number of carbonyl (C=O) groups is 2. The number of nitrogens with one attached hydrogen (secondary N) is 1. The van der Waals surface area contributed by atoms with Crippen LogP contribution >= 0.6 is 11.3 Å². The second-order valence-corrected chi connectivity index (χ2v) is 7.51. The van der Waals surface area contributed by atoms with Crippen LogP contribution < -0.4 is 10.2 Å². The van der Waals surface area contributed by atoms with Crippen LogP contribution in [0.2, 0.25) is 0 Å². The monoisotopic (exact) mass is 392 g/mol. The van der Waals surface area contributed by atoms with Crippen LogP contribution in [0.5, 0.6) is 0 Å². The van der Waals surface area contributed by atoms with Gasteiger partial charge in [-0.25, -0.2) is 4.98 Å². The minimum absolute atomic E-state index is 0.0174. The molecule has 4 rings (SSSR count). The van der Waals surface area contributed by atoms with Crippen LogP contribution in [0.3, 0.4) is 0 Å². The Balaban J connectivity index is 1.45. The van der Waals surface area contributed by atoms with Crippen LogP contribution in [0.15, 0.2) is 54.2 Å². The van der Waals surface area contributed by atoms with Crippen LogP contribution in [-0.2, 0) is 16.0 Å². The Kier molecular flexibility index (Phi) is 5.16. The third-order valence-corrected chi connectivity index (χ3v) is 5.61. The van der Waals surface area contributed by atoms with Crippen molar-refractivity contribution in [1.82, 2.24) is 9.97 Å². The van der Waals surface area contributed by atoms with Crippen molar-refractivity contribution in [2.24, 2.45) is 5.92 Å². The van der Waals surface area contributed by atoms with Crippen LogP contribution in [0, 0.1) is 5.92 Å². The Morgan fingerprint density at radius 2 is 2.14 bits per heavy atom. The smallest absolute Gasteiger partial charge is 0.231 e. The Hall–Kier alpha value is -3.06. The maximum absolute atomic E-state index is 12.7. The van der Waals surface area contributed by atoms with Gasteiger partial charge in [-0.3, -0.25) is 14.6 Å². The zero-order valence-electron chi connectivity index (χ0n) is 15.5. The second kappa shape index (κ2) is 7.90. The molecule has 0 spiro atoms. The molecule has 3 heterocycles. The molecule has 1 fully saturated rings. The zero-order valence-corrected chi connectivity index (χ0v) is 16.3. The third-order valence-electron chi connectivity index (χ3n) is 4.85. The van der Waals surface area contributed by atoms with E-state index < -0.39 is 0 Å². The number of nitrogens with zero attached hydrogens (tertiary/aromatic N) is 3. The number of benzene rings is 1. The fourth-order valence-electron chi connectivity index (χ4n) is 3.37. The fourth-order valence-corrected chi connectivity index (χ4v) is 4.10. The van der Waals surface area contributed by atoms with E-state index in [0.29, 0.717) is 11.7 Å². The van der Waals surface area contributed by atoms with Crippen molar-refractivity contribution in [1.29, 1.82) is 0 Å². The number of para-hydroxylation sites is 1. The molecule has 1 aliphatic rings. The maximum Gasteiger partial charge on any atom is 0.231 e. The minimum atomic E-state index is -0.386. The molecule has 3 aromatic rings. The molecule has 0 radical (unpaired) electrons. The van der Waals surface area contributed by atoms with Gasteiger partial charge in [0.15, 0.2) is 5.13 Å². The van der Waals surface area contributed by atoms with Gasteiger partial charge in [-0.05, 0) is 30.2 Å². The van der Waals surface area contributed by atoms with E-state index in [4.69, 9.17) is 0 Å². The average Bonchev–Trinajstić information content (AvgIpc) is 3.35. The van der Waals surface area contributed by atoms with E-state index in [1.165, 1.54) is 11.3 Å². The lowest BCUT2D eigenvalue weighted by atomic mass is 10.1. The van der Waals surface area contributed by atoms with Crippen molar-refractivity contribution in [2.75, 3.05) is 16.8 Å². The summed E-state index contributed by atoms with van der Waals surface area (Å²) in [5.74, 6) is -0.573. The summed E-state index contributed by atoms with van der Waals surface area (Å²) in [5.41, 5.74) is 3.68. The highest BCUT2D eigenvalue weighted by Gasteiger charge is 2.36. The molecule has 1 atom stereocenters. The summed E-state index contributed by atoms with van der Waals surface area (Å²) in [6.45, 7) is 2.45. The summed E-state index contributed by atoms with van der Waals surface area (Å²) < 4.78 is 0. The van der Waals surface area contributed by atoms with Crippen molar-refractivity contribution in [2.45, 2.75) is 19.8 Å². The fraction of sp³-hybridized carbons (Fsp3) is 0.238. The molecule has 1 aromatic carbocycles. The zero-order chi connectivity index (χ0) is 19.5. The predicted octanol–water partition coefficient (Wildman–Crippen LogP) is 3.76. The molecule has 2 amide bonds. The average molecular weight is 392 g/mol. The predicted molar refractivity (Wildman–Crippen MR) is 110 cm³/mol. The molecule has 0 aliphatic carbocycles. The molecule has 0 bridgehead atoms. The highest BCUT2D eigenvalue weighted by atomic mass is 32.1. The lowest BCUT2D eigenvalue weighted by Gasteiger charge is -2.19. The summed E-state index contributed by atoms with van der Waals surface area (Å²) in [6, 6.07) is 11.6. The summed E-state index contributed by atoms with van der Waals surface area (Å²) >= 11 is 1.37. The molecule has 1 N–H and O–H groups in total. The molecule has 1 aliphatic heterocycles. The highest BCUT2D eigenvalue weighted by molar-refractivity contribution is 7.14. The molecule has 2 aromatic heterocycles. The number of hydrogen-bond acceptors (Lipinski definition) is 5. The topological polar surface area (TPSA) is 75.2 Å². The maximum atomic E-state index is 12.7. The van der Waals surface area contributed by atoms with E-state index >= 15 is 0 Å². The number of amides is 2. The number of carbonyl (C=O) groups excluding carboxylic acids is 2. The minimum Gasteiger partial charge on any atom is -0.311 e. The van der Waals surface area contributed by atoms with Gasteiger partial charge in [0.05, 0.1) is 11.6 Å². The molecule has 7 heteroatoms. The van der Waals surface area contributed by atoms with Gasteiger partial charge in [0.2, 0.25) is 11.8 Å². The normalized spacial score (nSPS) is 16.4. The van der Waals surface area contributed by atoms with Crippen molar-refractivity contribution in [3.05, 3.63) is 59.7 Å². The number of anilines is 2. The van der Waals surface area contributed by atoms with Crippen molar-refractivity contribution in [3.63, 3.8) is 0 Å². The summed E-state index contributed by atoms with van der Waals surface area (Å²) in [6.07, 6.45) is 4.50. The Bertz CT molecular complexity index is 1000. The van der Waals surface area contributed by atoms with Gasteiger partial charge in [0.1, 0.15) is 0 Å². The van der Waals surface area contributed by atoms with Gasteiger partial charge < -0.3 is 10.2 Å². The lowest BCUT2D eigenvalue weighted by molar-refractivity contribution is -0.122. The SMILES string of the molecule is CCc1ccccc1N1CC(C(=O)Nc2nc(-c3cccnc3)cs2)CC1=O. The number of rotatable bonds is 5. The van der Waals surface area contributed by atoms with Gasteiger partial charge in [0, 0.05) is 42.0 Å². The highest BCUT2D eigenvalue weighted by Crippen LogP contribution is 2.30. The van der Waals surface area contributed by atoms with Gasteiger partial charge in [-0.2, -0.15) is 0 Å². The second-order valence-electron chi connectivity index (χ2n) is 6.66. The first-order chi connectivity index (χ1) is 13.7. The van der Waals surface area contributed by atoms with Gasteiger partial charge in [0.25, 0.3) is 0 Å². The molecule has 142 valence electrons. The number of aromatic nitrogens is 2. The van der Waals surface area contributed by atoms with E-state index in [2.05, 4.69) is 22.2 Å². The van der Waals surface area contributed by atoms with Gasteiger partial charge >= 0.3 is 0 Å². The molecule has 28 heavy (non-hydrogen) atoms.